The van der Waals surface area contributed by atoms with Crippen LogP contribution in [0.25, 0.3) is 0 Å². The standard InChI is InChI=1S/C18H16F2N2O2/c1-11-2-7-15(20)16(8-11)21-18(24)12-9-17(23)22(10-12)14-5-3-13(19)4-6-14/h2-8,12H,9-10H2,1H3,(H,21,24)/t12-/m1/s1. The first-order valence-electron chi connectivity index (χ1n) is 7.57. The minimum atomic E-state index is -0.581. The van der Waals surface area contributed by atoms with Crippen LogP contribution in [0.4, 0.5) is 20.2 Å². The van der Waals surface area contributed by atoms with Crippen LogP contribution < -0.4 is 10.2 Å². The number of benzene rings is 2. The van der Waals surface area contributed by atoms with Crippen molar-refractivity contribution in [3.05, 3.63) is 59.7 Å². The summed E-state index contributed by atoms with van der Waals surface area (Å²) in [6.07, 6.45) is 0.0383. The van der Waals surface area contributed by atoms with E-state index < -0.39 is 23.5 Å². The summed E-state index contributed by atoms with van der Waals surface area (Å²) in [7, 11) is 0. The molecule has 0 saturated carbocycles. The van der Waals surface area contributed by atoms with Crippen molar-refractivity contribution in [1.82, 2.24) is 0 Å². The molecule has 1 aliphatic heterocycles. The summed E-state index contributed by atoms with van der Waals surface area (Å²) in [6.45, 7) is 1.98. The van der Waals surface area contributed by atoms with Gasteiger partial charge in [0.25, 0.3) is 0 Å². The number of rotatable bonds is 3. The van der Waals surface area contributed by atoms with Gasteiger partial charge in [-0.25, -0.2) is 8.78 Å². The number of aryl methyl sites for hydroxylation is 1. The molecule has 1 N–H and O–H groups in total. The smallest absolute Gasteiger partial charge is 0.229 e. The molecule has 2 amide bonds. The van der Waals surface area contributed by atoms with E-state index in [0.717, 1.165) is 5.56 Å². The summed E-state index contributed by atoms with van der Waals surface area (Å²) < 4.78 is 26.7. The van der Waals surface area contributed by atoms with Crippen LogP contribution in [0.15, 0.2) is 42.5 Å². The maximum atomic E-state index is 13.7. The molecule has 0 bridgehead atoms. The van der Waals surface area contributed by atoms with E-state index in [1.807, 2.05) is 0 Å². The van der Waals surface area contributed by atoms with Gasteiger partial charge in [0.2, 0.25) is 11.8 Å². The van der Waals surface area contributed by atoms with E-state index in [9.17, 15) is 18.4 Å². The molecule has 4 nitrogen and oxygen atoms in total. The Bertz CT molecular complexity index is 790. The third-order valence-electron chi connectivity index (χ3n) is 4.01. The highest BCUT2D eigenvalue weighted by Gasteiger charge is 2.35. The summed E-state index contributed by atoms with van der Waals surface area (Å²) in [4.78, 5) is 25.9. The Balaban J connectivity index is 1.72. The highest BCUT2D eigenvalue weighted by molar-refractivity contribution is 6.03. The van der Waals surface area contributed by atoms with Gasteiger partial charge in [-0.3, -0.25) is 9.59 Å². The van der Waals surface area contributed by atoms with Crippen molar-refractivity contribution in [2.75, 3.05) is 16.8 Å². The monoisotopic (exact) mass is 330 g/mol. The highest BCUT2D eigenvalue weighted by atomic mass is 19.1. The van der Waals surface area contributed by atoms with Crippen molar-refractivity contribution in [2.45, 2.75) is 13.3 Å². The number of nitrogens with one attached hydrogen (secondary N) is 1. The zero-order chi connectivity index (χ0) is 17.3. The molecule has 1 aliphatic rings. The Morgan fingerprint density at radius 2 is 1.88 bits per heavy atom. The second-order valence-corrected chi connectivity index (χ2v) is 5.85. The summed E-state index contributed by atoms with van der Waals surface area (Å²) in [6, 6.07) is 9.95. The van der Waals surface area contributed by atoms with E-state index >= 15 is 0 Å². The molecule has 0 aliphatic carbocycles. The van der Waals surface area contributed by atoms with Crippen LogP contribution in [-0.4, -0.2) is 18.4 Å². The quantitative estimate of drug-likeness (QED) is 0.939. The predicted octanol–water partition coefficient (Wildman–Crippen LogP) is 3.26. The van der Waals surface area contributed by atoms with Gasteiger partial charge in [0, 0.05) is 18.7 Å². The van der Waals surface area contributed by atoms with Crippen LogP contribution in [0, 0.1) is 24.5 Å². The lowest BCUT2D eigenvalue weighted by Crippen LogP contribution is -2.28. The molecular weight excluding hydrogens is 314 g/mol. The fourth-order valence-electron chi connectivity index (χ4n) is 2.72. The molecule has 6 heteroatoms. The van der Waals surface area contributed by atoms with E-state index in [2.05, 4.69) is 5.32 Å². The Hall–Kier alpha value is -2.76. The van der Waals surface area contributed by atoms with Crippen molar-refractivity contribution in [3.63, 3.8) is 0 Å². The van der Waals surface area contributed by atoms with Crippen LogP contribution in [0.1, 0.15) is 12.0 Å². The van der Waals surface area contributed by atoms with Gasteiger partial charge in [-0.2, -0.15) is 0 Å². The lowest BCUT2D eigenvalue weighted by molar-refractivity contribution is -0.122. The van der Waals surface area contributed by atoms with E-state index in [0.29, 0.717) is 5.69 Å². The molecule has 0 aromatic heterocycles. The predicted molar refractivity (Wildman–Crippen MR) is 86.6 cm³/mol. The molecule has 1 heterocycles. The summed E-state index contributed by atoms with van der Waals surface area (Å²) >= 11 is 0. The first kappa shape index (κ1) is 16.1. The number of nitrogens with zero attached hydrogens (tertiary/aromatic N) is 1. The first-order valence-corrected chi connectivity index (χ1v) is 7.57. The third-order valence-corrected chi connectivity index (χ3v) is 4.01. The van der Waals surface area contributed by atoms with Crippen LogP contribution >= 0.6 is 0 Å². The fraction of sp³-hybridized carbons (Fsp3) is 0.222. The Morgan fingerprint density at radius 1 is 1.17 bits per heavy atom. The molecule has 1 saturated heterocycles. The molecule has 3 rings (SSSR count). The second kappa shape index (κ2) is 6.39. The van der Waals surface area contributed by atoms with Crippen LogP contribution in [0.2, 0.25) is 0 Å². The molecule has 0 unspecified atom stereocenters. The van der Waals surface area contributed by atoms with Crippen molar-refractivity contribution >= 4 is 23.2 Å². The first-order chi connectivity index (χ1) is 11.4. The Morgan fingerprint density at radius 3 is 2.58 bits per heavy atom. The van der Waals surface area contributed by atoms with Gasteiger partial charge in [0.15, 0.2) is 0 Å². The molecule has 24 heavy (non-hydrogen) atoms. The van der Waals surface area contributed by atoms with Crippen molar-refractivity contribution in [2.24, 2.45) is 5.92 Å². The number of amides is 2. The van der Waals surface area contributed by atoms with Crippen molar-refractivity contribution in [1.29, 1.82) is 0 Å². The lowest BCUT2D eigenvalue weighted by Gasteiger charge is -2.16. The van der Waals surface area contributed by atoms with Gasteiger partial charge in [0.05, 0.1) is 11.6 Å². The molecule has 2 aromatic carbocycles. The maximum absolute atomic E-state index is 13.7. The van der Waals surface area contributed by atoms with Gasteiger partial charge >= 0.3 is 0 Å². The van der Waals surface area contributed by atoms with E-state index in [4.69, 9.17) is 0 Å². The number of hydrogen-bond donors (Lipinski definition) is 1. The molecule has 0 radical (unpaired) electrons. The topological polar surface area (TPSA) is 49.4 Å². The Kier molecular flexibility index (Phi) is 4.29. The SMILES string of the molecule is Cc1ccc(F)c(NC(=O)[C@@H]2CC(=O)N(c3ccc(F)cc3)C2)c1. The van der Waals surface area contributed by atoms with E-state index in [1.54, 1.807) is 19.1 Å². The highest BCUT2D eigenvalue weighted by Crippen LogP contribution is 2.26. The maximum Gasteiger partial charge on any atom is 0.229 e. The van der Waals surface area contributed by atoms with Gasteiger partial charge in [-0.1, -0.05) is 6.07 Å². The summed E-state index contributed by atoms with van der Waals surface area (Å²) in [5, 5.41) is 2.54. The molecule has 124 valence electrons. The number of anilines is 2. The van der Waals surface area contributed by atoms with Gasteiger partial charge < -0.3 is 10.2 Å². The largest absolute Gasteiger partial charge is 0.323 e. The van der Waals surface area contributed by atoms with Crippen LogP contribution in [0.5, 0.6) is 0 Å². The van der Waals surface area contributed by atoms with Gasteiger partial charge in [-0.05, 0) is 48.9 Å². The molecule has 2 aromatic rings. The molecule has 0 spiro atoms. The van der Waals surface area contributed by atoms with Gasteiger partial charge in [0.1, 0.15) is 11.6 Å². The molecule has 1 fully saturated rings. The van der Waals surface area contributed by atoms with Crippen molar-refractivity contribution < 1.29 is 18.4 Å². The lowest BCUT2D eigenvalue weighted by atomic mass is 10.1. The van der Waals surface area contributed by atoms with Crippen LogP contribution in [0.3, 0.4) is 0 Å². The number of carbonyl (C=O) groups excluding carboxylic acids is 2. The molecule has 1 atom stereocenters. The van der Waals surface area contributed by atoms with Crippen molar-refractivity contribution in [3.8, 4) is 0 Å². The zero-order valence-corrected chi connectivity index (χ0v) is 13.1. The zero-order valence-electron chi connectivity index (χ0n) is 13.1. The molecular formula is C18H16F2N2O2. The van der Waals surface area contributed by atoms with E-state index in [1.165, 1.54) is 35.2 Å². The normalized spacial score (nSPS) is 17.2. The minimum Gasteiger partial charge on any atom is -0.323 e. The van der Waals surface area contributed by atoms with Crippen LogP contribution in [-0.2, 0) is 9.59 Å². The average molecular weight is 330 g/mol. The fourth-order valence-corrected chi connectivity index (χ4v) is 2.72. The number of halogens is 2. The minimum absolute atomic E-state index is 0.0383. The van der Waals surface area contributed by atoms with Gasteiger partial charge in [-0.15, -0.1) is 0 Å². The third kappa shape index (κ3) is 3.27. The summed E-state index contributed by atoms with van der Waals surface area (Å²) in [5.41, 5.74) is 1.47. The Labute approximate surface area is 138 Å². The summed E-state index contributed by atoms with van der Waals surface area (Å²) in [5.74, 6) is -2.12. The number of carbonyl (C=O) groups is 2. The number of hydrogen-bond acceptors (Lipinski definition) is 2. The van der Waals surface area contributed by atoms with E-state index in [-0.39, 0.29) is 24.6 Å². The second-order valence-electron chi connectivity index (χ2n) is 5.85. The average Bonchev–Trinajstić information content (AvgIpc) is 2.94.